The van der Waals surface area contributed by atoms with E-state index in [9.17, 15) is 0 Å². The number of aromatic nitrogens is 2. The lowest BCUT2D eigenvalue weighted by Crippen LogP contribution is -1.97. The molecule has 0 amide bonds. The van der Waals surface area contributed by atoms with Crippen molar-refractivity contribution >= 4 is 0 Å². The fourth-order valence-electron chi connectivity index (χ4n) is 0.863. The number of nitrogens with zero attached hydrogens (tertiary/aromatic N) is 2. The molecule has 3 heteroatoms. The van der Waals surface area contributed by atoms with Gasteiger partial charge in [0, 0.05) is 24.8 Å². The van der Waals surface area contributed by atoms with E-state index in [1.807, 2.05) is 17.1 Å². The number of nitrogens with two attached hydrogens (primary N) is 1. The molecule has 10 heavy (non-hydrogen) atoms. The zero-order valence-corrected chi connectivity index (χ0v) is 6.25. The summed E-state index contributed by atoms with van der Waals surface area (Å²) in [5.41, 5.74) is 6.51. The van der Waals surface area contributed by atoms with Crippen molar-refractivity contribution < 1.29 is 0 Å². The van der Waals surface area contributed by atoms with E-state index in [4.69, 9.17) is 5.73 Å². The third kappa shape index (κ3) is 1.57. The van der Waals surface area contributed by atoms with E-state index in [1.54, 1.807) is 0 Å². The van der Waals surface area contributed by atoms with E-state index in [2.05, 4.69) is 12.0 Å². The Morgan fingerprint density at radius 1 is 1.70 bits per heavy atom. The molecule has 0 unspecified atom stereocenters. The van der Waals surface area contributed by atoms with Gasteiger partial charge >= 0.3 is 0 Å². The summed E-state index contributed by atoms with van der Waals surface area (Å²) in [6.07, 6.45) is 4.92. The number of aryl methyl sites for hydroxylation is 1. The molecule has 0 saturated carbocycles. The topological polar surface area (TPSA) is 43.8 Å². The summed E-state index contributed by atoms with van der Waals surface area (Å²) in [4.78, 5) is 0. The van der Waals surface area contributed by atoms with Crippen LogP contribution < -0.4 is 5.73 Å². The van der Waals surface area contributed by atoms with Crippen molar-refractivity contribution in [1.29, 1.82) is 0 Å². The minimum atomic E-state index is 0.587. The molecule has 0 bridgehead atoms. The van der Waals surface area contributed by atoms with Crippen LogP contribution in [0, 0.1) is 0 Å². The fourth-order valence-corrected chi connectivity index (χ4v) is 0.863. The van der Waals surface area contributed by atoms with Gasteiger partial charge in [0.2, 0.25) is 0 Å². The minimum absolute atomic E-state index is 0.587. The van der Waals surface area contributed by atoms with Crippen LogP contribution in [0.5, 0.6) is 0 Å². The lowest BCUT2D eigenvalue weighted by molar-refractivity contribution is 0.602. The first kappa shape index (κ1) is 7.28. The monoisotopic (exact) mass is 139 g/mol. The Bertz CT molecular complexity index is 192. The molecular weight excluding hydrogens is 126 g/mol. The highest BCUT2D eigenvalue weighted by molar-refractivity contribution is 5.02. The maximum Gasteiger partial charge on any atom is 0.0534 e. The van der Waals surface area contributed by atoms with E-state index in [1.165, 1.54) is 0 Å². The van der Waals surface area contributed by atoms with Gasteiger partial charge in [-0.2, -0.15) is 5.10 Å². The predicted octanol–water partition coefficient (Wildman–Crippen LogP) is 0.752. The van der Waals surface area contributed by atoms with E-state index in [-0.39, 0.29) is 0 Å². The Labute approximate surface area is 60.8 Å². The molecule has 0 aliphatic rings. The highest BCUT2D eigenvalue weighted by Crippen LogP contribution is 1.95. The van der Waals surface area contributed by atoms with Gasteiger partial charge in [-0.25, -0.2) is 0 Å². The van der Waals surface area contributed by atoms with Gasteiger partial charge < -0.3 is 5.73 Å². The molecule has 0 atom stereocenters. The summed E-state index contributed by atoms with van der Waals surface area (Å²) < 4.78 is 1.92. The standard InChI is InChI=1S/C7H13N3/c1-2-3-10-6-7(4-8)5-9-10/h5-6H,2-4,8H2,1H3. The second kappa shape index (κ2) is 3.37. The van der Waals surface area contributed by atoms with Crippen LogP contribution >= 0.6 is 0 Å². The van der Waals surface area contributed by atoms with Gasteiger partial charge in [0.05, 0.1) is 6.20 Å². The maximum atomic E-state index is 5.41. The van der Waals surface area contributed by atoms with Crippen molar-refractivity contribution in [1.82, 2.24) is 9.78 Å². The molecule has 1 rings (SSSR count). The Morgan fingerprint density at radius 3 is 3.00 bits per heavy atom. The van der Waals surface area contributed by atoms with Crippen molar-refractivity contribution in [2.45, 2.75) is 26.4 Å². The molecule has 1 aromatic heterocycles. The first-order chi connectivity index (χ1) is 4.86. The van der Waals surface area contributed by atoms with Gasteiger partial charge in [-0.05, 0) is 6.42 Å². The summed E-state index contributed by atoms with van der Waals surface area (Å²) in [5, 5.41) is 4.11. The summed E-state index contributed by atoms with van der Waals surface area (Å²) in [7, 11) is 0. The van der Waals surface area contributed by atoms with Gasteiger partial charge in [0.1, 0.15) is 0 Å². The number of rotatable bonds is 3. The van der Waals surface area contributed by atoms with Crippen LogP contribution in [-0.2, 0) is 13.1 Å². The quantitative estimate of drug-likeness (QED) is 0.671. The molecule has 56 valence electrons. The largest absolute Gasteiger partial charge is 0.326 e. The highest BCUT2D eigenvalue weighted by atomic mass is 15.3. The fraction of sp³-hybridized carbons (Fsp3) is 0.571. The molecule has 0 aromatic carbocycles. The molecule has 0 aliphatic carbocycles. The van der Waals surface area contributed by atoms with E-state index in [0.717, 1.165) is 18.5 Å². The minimum Gasteiger partial charge on any atom is -0.326 e. The van der Waals surface area contributed by atoms with Gasteiger partial charge in [-0.1, -0.05) is 6.92 Å². The second-order valence-electron chi connectivity index (χ2n) is 2.32. The van der Waals surface area contributed by atoms with E-state index < -0.39 is 0 Å². The van der Waals surface area contributed by atoms with Crippen LogP contribution in [0.15, 0.2) is 12.4 Å². The predicted molar refractivity (Wildman–Crippen MR) is 40.4 cm³/mol. The third-order valence-corrected chi connectivity index (χ3v) is 1.38. The van der Waals surface area contributed by atoms with Gasteiger partial charge in [-0.3, -0.25) is 4.68 Å². The molecule has 2 N–H and O–H groups in total. The first-order valence-electron chi connectivity index (χ1n) is 3.58. The zero-order valence-electron chi connectivity index (χ0n) is 6.25. The van der Waals surface area contributed by atoms with Crippen LogP contribution in [0.3, 0.4) is 0 Å². The zero-order chi connectivity index (χ0) is 7.40. The molecule has 0 fully saturated rings. The van der Waals surface area contributed by atoms with Crippen LogP contribution in [0.25, 0.3) is 0 Å². The summed E-state index contributed by atoms with van der Waals surface area (Å²) in [5.74, 6) is 0. The molecule has 0 spiro atoms. The molecule has 1 heterocycles. The van der Waals surface area contributed by atoms with Crippen molar-refractivity contribution in [2.75, 3.05) is 0 Å². The van der Waals surface area contributed by atoms with Crippen LogP contribution in [0.1, 0.15) is 18.9 Å². The summed E-state index contributed by atoms with van der Waals surface area (Å²) in [6.45, 7) is 3.70. The molecule has 3 nitrogen and oxygen atoms in total. The molecule has 0 radical (unpaired) electrons. The third-order valence-electron chi connectivity index (χ3n) is 1.38. The lowest BCUT2D eigenvalue weighted by atomic mass is 10.4. The maximum absolute atomic E-state index is 5.41. The molecular formula is C7H13N3. The van der Waals surface area contributed by atoms with Crippen LogP contribution in [0.2, 0.25) is 0 Å². The van der Waals surface area contributed by atoms with Gasteiger partial charge in [0.15, 0.2) is 0 Å². The molecule has 0 saturated heterocycles. The molecule has 1 aromatic rings. The summed E-state index contributed by atoms with van der Waals surface area (Å²) >= 11 is 0. The second-order valence-corrected chi connectivity index (χ2v) is 2.32. The first-order valence-corrected chi connectivity index (χ1v) is 3.58. The smallest absolute Gasteiger partial charge is 0.0534 e. The van der Waals surface area contributed by atoms with Crippen LogP contribution in [-0.4, -0.2) is 9.78 Å². The molecule has 0 aliphatic heterocycles. The van der Waals surface area contributed by atoms with E-state index in [0.29, 0.717) is 6.54 Å². The average Bonchev–Trinajstić information content (AvgIpc) is 2.37. The average molecular weight is 139 g/mol. The summed E-state index contributed by atoms with van der Waals surface area (Å²) in [6, 6.07) is 0. The Kier molecular flexibility index (Phi) is 2.45. The Balaban J connectivity index is 2.59. The van der Waals surface area contributed by atoms with Crippen LogP contribution in [0.4, 0.5) is 0 Å². The van der Waals surface area contributed by atoms with Gasteiger partial charge in [0.25, 0.3) is 0 Å². The number of hydrogen-bond donors (Lipinski definition) is 1. The van der Waals surface area contributed by atoms with Crippen molar-refractivity contribution in [3.63, 3.8) is 0 Å². The lowest BCUT2D eigenvalue weighted by Gasteiger charge is -1.93. The Morgan fingerprint density at radius 2 is 2.50 bits per heavy atom. The SMILES string of the molecule is CCCn1cc(CN)cn1. The van der Waals surface area contributed by atoms with Gasteiger partial charge in [-0.15, -0.1) is 0 Å². The van der Waals surface area contributed by atoms with E-state index >= 15 is 0 Å². The van der Waals surface area contributed by atoms with Crippen molar-refractivity contribution in [3.8, 4) is 0 Å². The van der Waals surface area contributed by atoms with Crippen molar-refractivity contribution in [3.05, 3.63) is 18.0 Å². The van der Waals surface area contributed by atoms with Crippen molar-refractivity contribution in [2.24, 2.45) is 5.73 Å². The highest BCUT2D eigenvalue weighted by Gasteiger charge is 1.92. The number of hydrogen-bond acceptors (Lipinski definition) is 2. The normalized spacial score (nSPS) is 10.2. The Hall–Kier alpha value is -0.830.